The van der Waals surface area contributed by atoms with Crippen LogP contribution in [0, 0.1) is 6.92 Å². The molecule has 1 aliphatic rings. The summed E-state index contributed by atoms with van der Waals surface area (Å²) in [5.74, 6) is 1.12. The molecule has 1 saturated carbocycles. The maximum atomic E-state index is 12.1. The third kappa shape index (κ3) is 3.62. The molecular weight excluding hydrogens is 346 g/mol. The number of hydrogen-bond acceptors (Lipinski definition) is 5. The van der Waals surface area contributed by atoms with Gasteiger partial charge in [-0.1, -0.05) is 30.0 Å². The topological polar surface area (TPSA) is 72.7 Å². The summed E-state index contributed by atoms with van der Waals surface area (Å²) >= 11 is 1.41. The summed E-state index contributed by atoms with van der Waals surface area (Å²) in [6.45, 7) is 2.06. The number of carbonyl (C=O) groups excluding carboxylic acids is 1. The fourth-order valence-electron chi connectivity index (χ4n) is 2.71. The lowest BCUT2D eigenvalue weighted by atomic mass is 10.2. The van der Waals surface area contributed by atoms with Gasteiger partial charge in [0.25, 0.3) is 0 Å². The van der Waals surface area contributed by atoms with Crippen molar-refractivity contribution < 1.29 is 4.79 Å². The molecule has 0 radical (unpaired) electrons. The Bertz CT molecular complexity index is 921. The average molecular weight is 365 g/mol. The fourth-order valence-corrected chi connectivity index (χ4v) is 3.47. The monoisotopic (exact) mass is 365 g/mol. The number of rotatable bonds is 6. The van der Waals surface area contributed by atoms with Gasteiger partial charge in [-0.3, -0.25) is 14.3 Å². The first-order valence-corrected chi connectivity index (χ1v) is 9.55. The van der Waals surface area contributed by atoms with Crippen LogP contribution in [-0.4, -0.2) is 37.5 Å². The Kier molecular flexibility index (Phi) is 4.71. The van der Waals surface area contributed by atoms with E-state index >= 15 is 0 Å². The van der Waals surface area contributed by atoms with Gasteiger partial charge in [0.1, 0.15) is 0 Å². The van der Waals surface area contributed by atoms with Gasteiger partial charge in [-0.05, 0) is 43.5 Å². The molecule has 0 unspecified atom stereocenters. The predicted octanol–water partition coefficient (Wildman–Crippen LogP) is 3.01. The molecular formula is C19H19N5OS. The Morgan fingerprint density at radius 3 is 2.69 bits per heavy atom. The standard InChI is InChI=1S/C19H19N5OS/c1-13-4-2-3-5-16(13)24-18(14-8-10-20-11-9-14)22-23-19(24)26-12-17(25)21-15-6-7-15/h2-5,8-11,15H,6-7,12H2,1H3,(H,21,25). The lowest BCUT2D eigenvalue weighted by Crippen LogP contribution is -2.27. The molecule has 1 N–H and O–H groups in total. The van der Waals surface area contributed by atoms with E-state index in [0.717, 1.165) is 35.5 Å². The van der Waals surface area contributed by atoms with Crippen molar-refractivity contribution >= 4 is 17.7 Å². The van der Waals surface area contributed by atoms with Crippen LogP contribution in [0.3, 0.4) is 0 Å². The summed E-state index contributed by atoms with van der Waals surface area (Å²) < 4.78 is 2.01. The molecule has 0 spiro atoms. The molecule has 2 heterocycles. The third-order valence-electron chi connectivity index (χ3n) is 4.20. The van der Waals surface area contributed by atoms with E-state index in [1.807, 2.05) is 34.9 Å². The minimum absolute atomic E-state index is 0.0438. The van der Waals surface area contributed by atoms with Crippen molar-refractivity contribution in [2.75, 3.05) is 5.75 Å². The molecule has 1 aliphatic carbocycles. The van der Waals surface area contributed by atoms with Crippen LogP contribution in [-0.2, 0) is 4.79 Å². The maximum absolute atomic E-state index is 12.1. The van der Waals surface area contributed by atoms with Crippen LogP contribution in [0.15, 0.2) is 53.9 Å². The van der Waals surface area contributed by atoms with E-state index in [1.54, 1.807) is 12.4 Å². The first-order valence-electron chi connectivity index (χ1n) is 8.56. The Morgan fingerprint density at radius 2 is 1.96 bits per heavy atom. The number of thioether (sulfide) groups is 1. The zero-order valence-electron chi connectivity index (χ0n) is 14.4. The van der Waals surface area contributed by atoms with Crippen molar-refractivity contribution in [1.29, 1.82) is 0 Å². The zero-order chi connectivity index (χ0) is 17.9. The summed E-state index contributed by atoms with van der Waals surface area (Å²) in [5, 5.41) is 12.5. The van der Waals surface area contributed by atoms with E-state index < -0.39 is 0 Å². The molecule has 4 rings (SSSR count). The molecule has 1 amide bonds. The van der Waals surface area contributed by atoms with Gasteiger partial charge in [0, 0.05) is 24.0 Å². The van der Waals surface area contributed by atoms with Crippen molar-refractivity contribution in [1.82, 2.24) is 25.1 Å². The smallest absolute Gasteiger partial charge is 0.230 e. The molecule has 0 saturated heterocycles. The Hall–Kier alpha value is -2.67. The highest BCUT2D eigenvalue weighted by Gasteiger charge is 2.24. The molecule has 2 aromatic heterocycles. The molecule has 6 nitrogen and oxygen atoms in total. The highest BCUT2D eigenvalue weighted by atomic mass is 32.2. The molecule has 1 fully saturated rings. The molecule has 132 valence electrons. The van der Waals surface area contributed by atoms with Crippen molar-refractivity contribution in [3.63, 3.8) is 0 Å². The van der Waals surface area contributed by atoms with Crippen molar-refractivity contribution in [2.24, 2.45) is 0 Å². The lowest BCUT2D eigenvalue weighted by molar-refractivity contribution is -0.118. The molecule has 0 atom stereocenters. The summed E-state index contributed by atoms with van der Waals surface area (Å²) in [6.07, 6.45) is 5.65. The highest BCUT2D eigenvalue weighted by molar-refractivity contribution is 7.99. The van der Waals surface area contributed by atoms with Gasteiger partial charge in [0.2, 0.25) is 5.91 Å². The van der Waals surface area contributed by atoms with Crippen LogP contribution in [0.25, 0.3) is 17.1 Å². The fraction of sp³-hybridized carbons (Fsp3) is 0.263. The number of hydrogen-bond donors (Lipinski definition) is 1. The number of carbonyl (C=O) groups is 1. The van der Waals surface area contributed by atoms with E-state index in [4.69, 9.17) is 0 Å². The maximum Gasteiger partial charge on any atom is 0.230 e. The van der Waals surface area contributed by atoms with Crippen LogP contribution in [0.5, 0.6) is 0 Å². The van der Waals surface area contributed by atoms with Gasteiger partial charge >= 0.3 is 0 Å². The van der Waals surface area contributed by atoms with E-state index in [1.165, 1.54) is 11.8 Å². The SMILES string of the molecule is Cc1ccccc1-n1c(SCC(=O)NC2CC2)nnc1-c1ccncc1. The van der Waals surface area contributed by atoms with Crippen LogP contribution < -0.4 is 5.32 Å². The summed E-state index contributed by atoms with van der Waals surface area (Å²) in [5.41, 5.74) is 3.06. The molecule has 7 heteroatoms. The van der Waals surface area contributed by atoms with Crippen LogP contribution in [0.1, 0.15) is 18.4 Å². The van der Waals surface area contributed by atoms with Crippen LogP contribution in [0.2, 0.25) is 0 Å². The van der Waals surface area contributed by atoms with Crippen molar-refractivity contribution in [3.05, 3.63) is 54.4 Å². The highest BCUT2D eigenvalue weighted by Crippen LogP contribution is 2.29. The summed E-state index contributed by atoms with van der Waals surface area (Å²) in [7, 11) is 0. The minimum Gasteiger partial charge on any atom is -0.353 e. The number of aromatic nitrogens is 4. The third-order valence-corrected chi connectivity index (χ3v) is 5.13. The number of benzene rings is 1. The van der Waals surface area contributed by atoms with Crippen LogP contribution >= 0.6 is 11.8 Å². The van der Waals surface area contributed by atoms with Crippen LogP contribution in [0.4, 0.5) is 0 Å². The zero-order valence-corrected chi connectivity index (χ0v) is 15.2. The first kappa shape index (κ1) is 16.8. The van der Waals surface area contributed by atoms with Crippen molar-refractivity contribution in [3.8, 4) is 17.1 Å². The van der Waals surface area contributed by atoms with Gasteiger partial charge in [0.05, 0.1) is 11.4 Å². The number of pyridine rings is 1. The second-order valence-electron chi connectivity index (χ2n) is 6.29. The van der Waals surface area contributed by atoms with E-state index in [-0.39, 0.29) is 5.91 Å². The summed E-state index contributed by atoms with van der Waals surface area (Å²) in [4.78, 5) is 16.1. The lowest BCUT2D eigenvalue weighted by Gasteiger charge is -2.12. The number of nitrogens with zero attached hydrogens (tertiary/aromatic N) is 4. The predicted molar refractivity (Wildman–Crippen MR) is 101 cm³/mol. The number of amides is 1. The van der Waals surface area contributed by atoms with E-state index in [0.29, 0.717) is 17.0 Å². The van der Waals surface area contributed by atoms with Gasteiger partial charge in [0.15, 0.2) is 11.0 Å². The average Bonchev–Trinajstić information content (AvgIpc) is 3.37. The van der Waals surface area contributed by atoms with E-state index in [2.05, 4.69) is 33.5 Å². The minimum atomic E-state index is 0.0438. The Morgan fingerprint density at radius 1 is 1.19 bits per heavy atom. The second-order valence-corrected chi connectivity index (χ2v) is 7.24. The van der Waals surface area contributed by atoms with Gasteiger partial charge < -0.3 is 5.32 Å². The number of para-hydroxylation sites is 1. The number of aryl methyl sites for hydroxylation is 1. The number of nitrogens with one attached hydrogen (secondary N) is 1. The Labute approximate surface area is 156 Å². The molecule has 0 aliphatic heterocycles. The Balaban J connectivity index is 1.68. The van der Waals surface area contributed by atoms with Gasteiger partial charge in [-0.2, -0.15) is 0 Å². The normalized spacial score (nSPS) is 13.6. The molecule has 26 heavy (non-hydrogen) atoms. The largest absolute Gasteiger partial charge is 0.353 e. The molecule has 0 bridgehead atoms. The molecule has 3 aromatic rings. The summed E-state index contributed by atoms with van der Waals surface area (Å²) in [6, 6.07) is 12.3. The van der Waals surface area contributed by atoms with E-state index in [9.17, 15) is 4.79 Å². The van der Waals surface area contributed by atoms with Gasteiger partial charge in [-0.15, -0.1) is 10.2 Å². The first-order chi connectivity index (χ1) is 12.7. The second kappa shape index (κ2) is 7.29. The quantitative estimate of drug-likeness (QED) is 0.680. The van der Waals surface area contributed by atoms with Gasteiger partial charge in [-0.25, -0.2) is 0 Å². The van der Waals surface area contributed by atoms with Crippen molar-refractivity contribution in [2.45, 2.75) is 31.0 Å². The molecule has 1 aromatic carbocycles.